The van der Waals surface area contributed by atoms with E-state index in [-0.39, 0.29) is 17.2 Å². The highest BCUT2D eigenvalue weighted by molar-refractivity contribution is 8.00. The second kappa shape index (κ2) is 14.9. The molecule has 48 heavy (non-hydrogen) atoms. The summed E-state index contributed by atoms with van der Waals surface area (Å²) in [6.45, 7) is 2.02. The first-order valence-electron chi connectivity index (χ1n) is 15.0. The maximum absolute atomic E-state index is 14.5. The topological polar surface area (TPSA) is 100 Å². The quantitative estimate of drug-likeness (QED) is 0.1000. The van der Waals surface area contributed by atoms with E-state index in [2.05, 4.69) is 20.9 Å². The van der Waals surface area contributed by atoms with Gasteiger partial charge in [0.1, 0.15) is 16.8 Å². The Morgan fingerprint density at radius 2 is 1.50 bits per heavy atom. The number of thiazole rings is 1. The van der Waals surface area contributed by atoms with Crippen LogP contribution in [-0.4, -0.2) is 22.7 Å². The Labute approximate surface area is 284 Å². The normalized spacial score (nSPS) is 11.9. The summed E-state index contributed by atoms with van der Waals surface area (Å²) >= 11 is 2.79. The van der Waals surface area contributed by atoms with Crippen molar-refractivity contribution in [3.8, 4) is 0 Å². The molecular weight excluding hydrogens is 644 g/mol. The molecule has 0 fully saturated rings. The largest absolute Gasteiger partial charge is 0.321 e. The molecule has 0 saturated carbocycles. The molecule has 10 heteroatoms. The van der Waals surface area contributed by atoms with Crippen LogP contribution in [0.2, 0.25) is 0 Å². The number of thioether (sulfide) groups is 1. The van der Waals surface area contributed by atoms with E-state index in [1.807, 2.05) is 55.5 Å². The fraction of sp³-hybridized carbons (Fsp3) is 0.0526. The minimum atomic E-state index is -0.629. The number of anilines is 2. The molecule has 0 aliphatic carbocycles. The summed E-state index contributed by atoms with van der Waals surface area (Å²) < 4.78 is 15.5. The van der Waals surface area contributed by atoms with Gasteiger partial charge in [-0.2, -0.15) is 0 Å². The highest BCUT2D eigenvalue weighted by Crippen LogP contribution is 2.37. The number of hydrogen-bond donors (Lipinski definition) is 3. The van der Waals surface area contributed by atoms with Crippen LogP contribution < -0.4 is 16.0 Å². The summed E-state index contributed by atoms with van der Waals surface area (Å²) in [5.41, 5.74) is 3.59. The molecular formula is C38H29FN4O3S2. The van der Waals surface area contributed by atoms with Gasteiger partial charge in [-0.1, -0.05) is 84.1 Å². The molecule has 0 saturated heterocycles. The molecule has 1 atom stereocenters. The molecule has 0 aliphatic rings. The molecule has 6 aromatic rings. The van der Waals surface area contributed by atoms with Crippen LogP contribution >= 0.6 is 23.1 Å². The molecule has 238 valence electrons. The Morgan fingerprint density at radius 3 is 2.23 bits per heavy atom. The Hall–Kier alpha value is -5.58. The second-order valence-electron chi connectivity index (χ2n) is 10.8. The predicted octanol–water partition coefficient (Wildman–Crippen LogP) is 8.63. The van der Waals surface area contributed by atoms with Gasteiger partial charge in [0.2, 0.25) is 5.91 Å². The number of halogens is 1. The zero-order chi connectivity index (χ0) is 33.5. The Balaban J connectivity index is 1.19. The van der Waals surface area contributed by atoms with E-state index in [1.54, 1.807) is 66.7 Å². The second-order valence-corrected chi connectivity index (χ2v) is 13.0. The maximum Gasteiger partial charge on any atom is 0.272 e. The number of nitrogens with zero attached hydrogens (tertiary/aromatic N) is 1. The van der Waals surface area contributed by atoms with Crippen molar-refractivity contribution in [1.82, 2.24) is 10.3 Å². The summed E-state index contributed by atoms with van der Waals surface area (Å²) in [7, 11) is 0. The van der Waals surface area contributed by atoms with Gasteiger partial charge in [-0.3, -0.25) is 14.4 Å². The van der Waals surface area contributed by atoms with E-state index in [0.29, 0.717) is 16.4 Å². The van der Waals surface area contributed by atoms with E-state index < -0.39 is 22.9 Å². The fourth-order valence-electron chi connectivity index (χ4n) is 4.80. The van der Waals surface area contributed by atoms with Gasteiger partial charge in [-0.05, 0) is 78.7 Å². The van der Waals surface area contributed by atoms with Crippen LogP contribution in [0.3, 0.4) is 0 Å². The van der Waals surface area contributed by atoms with Crippen LogP contribution in [-0.2, 0) is 9.59 Å². The molecule has 0 spiro atoms. The number of carbonyl (C=O) groups excluding carboxylic acids is 3. The Morgan fingerprint density at radius 1 is 0.812 bits per heavy atom. The zero-order valence-electron chi connectivity index (χ0n) is 25.6. The van der Waals surface area contributed by atoms with Crippen molar-refractivity contribution in [1.29, 1.82) is 0 Å². The number of nitrogens with one attached hydrogen (secondary N) is 3. The maximum atomic E-state index is 14.5. The average molecular weight is 673 g/mol. The van der Waals surface area contributed by atoms with E-state index in [1.165, 1.54) is 41.3 Å². The minimum absolute atomic E-state index is 0.127. The Kier molecular flexibility index (Phi) is 10.0. The summed E-state index contributed by atoms with van der Waals surface area (Å²) in [4.78, 5) is 45.3. The standard InChI is InChI=1S/C38H29FN4O3S2/c1-24-16-21-31-33(22-24)48-38(42-31)43-37(46)34(25-10-4-2-5-11-25)47-29-19-17-28(18-20-29)40-36(45)32(23-27-14-8-9-15-30(27)39)41-35(44)26-12-6-3-7-13-26/h2-23,34H,1H3,(H,40,45)(H,41,44)(H,42,43,46)/b32-23-. The van der Waals surface area contributed by atoms with Crippen LogP contribution in [0.25, 0.3) is 16.3 Å². The predicted molar refractivity (Wildman–Crippen MR) is 191 cm³/mol. The number of carbonyl (C=O) groups is 3. The Bertz CT molecular complexity index is 2120. The number of hydrogen-bond acceptors (Lipinski definition) is 6. The minimum Gasteiger partial charge on any atom is -0.321 e. The molecule has 1 unspecified atom stereocenters. The van der Waals surface area contributed by atoms with Crippen LogP contribution in [0.5, 0.6) is 0 Å². The molecule has 6 rings (SSSR count). The zero-order valence-corrected chi connectivity index (χ0v) is 27.3. The first kappa shape index (κ1) is 32.4. The highest BCUT2D eigenvalue weighted by Gasteiger charge is 2.24. The number of rotatable bonds is 10. The van der Waals surface area contributed by atoms with Crippen molar-refractivity contribution in [2.75, 3.05) is 10.6 Å². The molecule has 5 aromatic carbocycles. The third-order valence-corrected chi connectivity index (χ3v) is 9.41. The SMILES string of the molecule is Cc1ccc2nc(NC(=O)C(Sc3ccc(NC(=O)/C(=C/c4ccccc4F)NC(=O)c4ccccc4)cc3)c3ccccc3)sc2c1. The summed E-state index contributed by atoms with van der Waals surface area (Å²) in [5.74, 6) is -1.88. The van der Waals surface area contributed by atoms with Gasteiger partial charge in [0.15, 0.2) is 5.13 Å². The van der Waals surface area contributed by atoms with Gasteiger partial charge in [0.05, 0.1) is 10.2 Å². The van der Waals surface area contributed by atoms with Crippen molar-refractivity contribution >= 4 is 67.9 Å². The third-order valence-electron chi connectivity index (χ3n) is 7.21. The van der Waals surface area contributed by atoms with Crippen molar-refractivity contribution in [2.24, 2.45) is 0 Å². The summed E-state index contributed by atoms with van der Waals surface area (Å²) in [5, 5.41) is 8.34. The smallest absolute Gasteiger partial charge is 0.272 e. The first-order valence-corrected chi connectivity index (χ1v) is 16.7. The van der Waals surface area contributed by atoms with Crippen molar-refractivity contribution in [3.05, 3.63) is 161 Å². The molecule has 1 aromatic heterocycles. The number of aromatic nitrogens is 1. The summed E-state index contributed by atoms with van der Waals surface area (Å²) in [6.07, 6.45) is 1.30. The molecule has 7 nitrogen and oxygen atoms in total. The number of fused-ring (bicyclic) bond motifs is 1. The monoisotopic (exact) mass is 672 g/mol. The lowest BCUT2D eigenvalue weighted by atomic mass is 10.1. The number of aryl methyl sites for hydroxylation is 1. The van der Waals surface area contributed by atoms with Gasteiger partial charge in [0.25, 0.3) is 11.8 Å². The average Bonchev–Trinajstić information content (AvgIpc) is 3.50. The molecule has 0 bridgehead atoms. The van der Waals surface area contributed by atoms with Crippen LogP contribution in [0, 0.1) is 12.7 Å². The van der Waals surface area contributed by atoms with Crippen molar-refractivity contribution in [3.63, 3.8) is 0 Å². The highest BCUT2D eigenvalue weighted by atomic mass is 32.2. The van der Waals surface area contributed by atoms with E-state index in [0.717, 1.165) is 26.2 Å². The fourth-order valence-corrected chi connectivity index (χ4v) is 6.79. The van der Waals surface area contributed by atoms with Crippen molar-refractivity contribution < 1.29 is 18.8 Å². The lowest BCUT2D eigenvalue weighted by Crippen LogP contribution is -2.30. The third kappa shape index (κ3) is 8.03. The summed E-state index contributed by atoms with van der Waals surface area (Å²) in [6, 6.07) is 36.9. The molecule has 3 N–H and O–H groups in total. The van der Waals surface area contributed by atoms with E-state index in [4.69, 9.17) is 0 Å². The first-order chi connectivity index (χ1) is 23.3. The molecule has 0 aliphatic heterocycles. The van der Waals surface area contributed by atoms with Crippen LogP contribution in [0.1, 0.15) is 32.3 Å². The van der Waals surface area contributed by atoms with Crippen LogP contribution in [0.15, 0.2) is 138 Å². The molecule has 3 amide bonds. The van der Waals surface area contributed by atoms with Gasteiger partial charge >= 0.3 is 0 Å². The van der Waals surface area contributed by atoms with Gasteiger partial charge in [0, 0.05) is 21.7 Å². The van der Waals surface area contributed by atoms with E-state index in [9.17, 15) is 18.8 Å². The lowest BCUT2D eigenvalue weighted by Gasteiger charge is -2.17. The van der Waals surface area contributed by atoms with E-state index >= 15 is 0 Å². The molecule has 0 radical (unpaired) electrons. The lowest BCUT2D eigenvalue weighted by molar-refractivity contribution is -0.116. The van der Waals surface area contributed by atoms with Gasteiger partial charge in [-0.15, -0.1) is 11.8 Å². The van der Waals surface area contributed by atoms with Crippen LogP contribution in [0.4, 0.5) is 15.2 Å². The molecule has 1 heterocycles. The van der Waals surface area contributed by atoms with Gasteiger partial charge < -0.3 is 16.0 Å². The van der Waals surface area contributed by atoms with Gasteiger partial charge in [-0.25, -0.2) is 9.37 Å². The number of benzene rings is 5. The van der Waals surface area contributed by atoms with Crippen molar-refractivity contribution in [2.45, 2.75) is 17.1 Å². The number of amides is 3.